The van der Waals surface area contributed by atoms with Gasteiger partial charge >= 0.3 is 0 Å². The number of hydrogen-bond donors (Lipinski definition) is 2. The maximum atomic E-state index is 12.8. The number of nitrogens with one attached hydrogen (secondary N) is 2. The minimum Gasteiger partial charge on any atom is -0.496 e. The largest absolute Gasteiger partial charge is 0.496 e. The Morgan fingerprint density at radius 3 is 2.58 bits per heavy atom. The molecule has 6 heteroatoms. The van der Waals surface area contributed by atoms with Crippen LogP contribution in [0.4, 0.5) is 5.69 Å². The number of rotatable bonds is 8. The molecule has 166 valence electrons. The zero-order valence-electron chi connectivity index (χ0n) is 18.8. The molecule has 1 fully saturated rings. The van der Waals surface area contributed by atoms with Crippen molar-refractivity contribution in [2.24, 2.45) is 0 Å². The fraction of sp³-hybridized carbons (Fsp3) is 0.440. The number of carbonyl (C=O) groups is 2. The first-order chi connectivity index (χ1) is 14.8. The summed E-state index contributed by atoms with van der Waals surface area (Å²) in [6.45, 7) is 7.43. The second kappa shape index (κ2) is 10.1. The number of anilines is 1. The molecule has 1 heterocycles. The maximum Gasteiger partial charge on any atom is 0.241 e. The van der Waals surface area contributed by atoms with E-state index in [4.69, 9.17) is 9.47 Å². The van der Waals surface area contributed by atoms with Crippen molar-refractivity contribution < 1.29 is 19.1 Å². The van der Waals surface area contributed by atoms with Crippen molar-refractivity contribution in [1.82, 2.24) is 5.32 Å². The molecule has 3 rings (SSSR count). The topological polar surface area (TPSA) is 76.7 Å². The van der Waals surface area contributed by atoms with E-state index in [9.17, 15) is 9.59 Å². The molecule has 2 N–H and O–H groups in total. The summed E-state index contributed by atoms with van der Waals surface area (Å²) in [4.78, 5) is 24.4. The van der Waals surface area contributed by atoms with E-state index in [1.807, 2.05) is 19.1 Å². The average Bonchev–Trinajstić information content (AvgIpc) is 2.78. The Bertz CT molecular complexity index is 935. The van der Waals surface area contributed by atoms with Crippen molar-refractivity contribution in [2.45, 2.75) is 45.1 Å². The summed E-state index contributed by atoms with van der Waals surface area (Å²) in [5.74, 6) is 0.697. The van der Waals surface area contributed by atoms with Gasteiger partial charge in [0.25, 0.3) is 0 Å². The zero-order valence-corrected chi connectivity index (χ0v) is 18.8. The van der Waals surface area contributed by atoms with E-state index in [1.54, 1.807) is 31.4 Å². The van der Waals surface area contributed by atoms with Crippen LogP contribution < -0.4 is 15.4 Å². The van der Waals surface area contributed by atoms with Gasteiger partial charge in [-0.3, -0.25) is 9.59 Å². The van der Waals surface area contributed by atoms with E-state index in [0.717, 1.165) is 24.2 Å². The van der Waals surface area contributed by atoms with Crippen molar-refractivity contribution in [3.8, 4) is 5.75 Å². The Hall–Kier alpha value is -2.70. The monoisotopic (exact) mass is 424 g/mol. The van der Waals surface area contributed by atoms with Crippen LogP contribution >= 0.6 is 0 Å². The molecule has 0 saturated carbocycles. The summed E-state index contributed by atoms with van der Waals surface area (Å²) in [5, 5.41) is 6.34. The van der Waals surface area contributed by atoms with E-state index >= 15 is 0 Å². The highest BCUT2D eigenvalue weighted by atomic mass is 16.5. The van der Waals surface area contributed by atoms with Crippen molar-refractivity contribution in [2.75, 3.05) is 32.2 Å². The summed E-state index contributed by atoms with van der Waals surface area (Å²) >= 11 is 0. The number of aryl methyl sites for hydroxylation is 1. The lowest BCUT2D eigenvalue weighted by Crippen LogP contribution is -2.48. The molecule has 0 radical (unpaired) electrons. The number of ketones is 1. The SMILES string of the molecule is COc1ccc(C)cc1C1(CNC(C)C(=O)Nc2cccc(C(C)=O)c2)CCOCC1. The number of methoxy groups -OCH3 is 1. The summed E-state index contributed by atoms with van der Waals surface area (Å²) in [6, 6.07) is 12.8. The van der Waals surface area contributed by atoms with Crippen LogP contribution in [0.5, 0.6) is 5.75 Å². The van der Waals surface area contributed by atoms with E-state index in [-0.39, 0.29) is 17.1 Å². The molecule has 0 aromatic heterocycles. The molecule has 1 amide bonds. The summed E-state index contributed by atoms with van der Waals surface area (Å²) in [5.41, 5.74) is 3.36. The van der Waals surface area contributed by atoms with Crippen LogP contribution in [0.1, 0.15) is 48.2 Å². The molecule has 0 aliphatic carbocycles. The number of hydrogen-bond acceptors (Lipinski definition) is 5. The smallest absolute Gasteiger partial charge is 0.241 e. The maximum absolute atomic E-state index is 12.8. The van der Waals surface area contributed by atoms with E-state index in [2.05, 4.69) is 23.6 Å². The first kappa shape index (κ1) is 23.0. The van der Waals surface area contributed by atoms with Gasteiger partial charge in [0.15, 0.2) is 5.78 Å². The third-order valence-corrected chi connectivity index (χ3v) is 6.05. The highest BCUT2D eigenvalue weighted by Gasteiger charge is 2.37. The molecule has 1 aliphatic heterocycles. The Labute approximate surface area is 184 Å². The van der Waals surface area contributed by atoms with Gasteiger partial charge in [0.1, 0.15) is 5.75 Å². The molecule has 0 spiro atoms. The molecular weight excluding hydrogens is 392 g/mol. The number of ether oxygens (including phenoxy) is 2. The van der Waals surface area contributed by atoms with Gasteiger partial charge in [-0.2, -0.15) is 0 Å². The Kier molecular flexibility index (Phi) is 7.46. The lowest BCUT2D eigenvalue weighted by atomic mass is 9.73. The fourth-order valence-corrected chi connectivity index (χ4v) is 4.05. The molecule has 1 unspecified atom stereocenters. The first-order valence-corrected chi connectivity index (χ1v) is 10.7. The van der Waals surface area contributed by atoms with Gasteiger partial charge < -0.3 is 20.1 Å². The van der Waals surface area contributed by atoms with Crippen LogP contribution in [0.3, 0.4) is 0 Å². The predicted molar refractivity (Wildman–Crippen MR) is 122 cm³/mol. The molecule has 2 aromatic carbocycles. The van der Waals surface area contributed by atoms with E-state index in [0.29, 0.717) is 31.0 Å². The van der Waals surface area contributed by atoms with E-state index < -0.39 is 6.04 Å². The van der Waals surface area contributed by atoms with E-state index in [1.165, 1.54) is 12.5 Å². The van der Waals surface area contributed by atoms with Gasteiger partial charge in [-0.25, -0.2) is 0 Å². The molecule has 2 aromatic rings. The zero-order chi connectivity index (χ0) is 22.4. The molecule has 0 bridgehead atoms. The number of amides is 1. The van der Waals surface area contributed by atoms with Crippen LogP contribution in [0, 0.1) is 6.92 Å². The Morgan fingerprint density at radius 1 is 1.16 bits per heavy atom. The second-order valence-electron chi connectivity index (χ2n) is 8.33. The van der Waals surface area contributed by atoms with Crippen molar-refractivity contribution >= 4 is 17.4 Å². The van der Waals surface area contributed by atoms with Crippen LogP contribution in [-0.2, 0) is 14.9 Å². The summed E-state index contributed by atoms with van der Waals surface area (Å²) in [6.07, 6.45) is 1.71. The standard InChI is InChI=1S/C25H32N2O4/c1-17-8-9-23(30-4)22(14-17)25(10-12-31-13-11-25)16-26-18(2)24(29)27-21-7-5-6-20(15-21)19(3)28/h5-9,14-15,18,26H,10-13,16H2,1-4H3,(H,27,29). The molecule has 1 aliphatic rings. The second-order valence-corrected chi connectivity index (χ2v) is 8.33. The number of Topliss-reactive ketones (excluding diaryl/α,β-unsaturated/α-hetero) is 1. The van der Waals surface area contributed by atoms with Gasteiger partial charge in [0, 0.05) is 42.0 Å². The quantitative estimate of drug-likeness (QED) is 0.629. The highest BCUT2D eigenvalue weighted by Crippen LogP contribution is 2.40. The molecule has 1 atom stereocenters. The minimum absolute atomic E-state index is 0.0316. The number of benzene rings is 2. The minimum atomic E-state index is -0.406. The highest BCUT2D eigenvalue weighted by molar-refractivity contribution is 5.98. The van der Waals surface area contributed by atoms with Crippen LogP contribution in [-0.4, -0.2) is 44.6 Å². The van der Waals surface area contributed by atoms with Crippen molar-refractivity contribution in [3.05, 3.63) is 59.2 Å². The molecule has 1 saturated heterocycles. The van der Waals surface area contributed by atoms with Gasteiger partial charge in [-0.1, -0.05) is 29.8 Å². The Morgan fingerprint density at radius 2 is 1.90 bits per heavy atom. The predicted octanol–water partition coefficient (Wildman–Crippen LogP) is 3.87. The summed E-state index contributed by atoms with van der Waals surface area (Å²) in [7, 11) is 1.69. The lowest BCUT2D eigenvalue weighted by molar-refractivity contribution is -0.117. The van der Waals surface area contributed by atoms with Crippen molar-refractivity contribution in [3.63, 3.8) is 0 Å². The first-order valence-electron chi connectivity index (χ1n) is 10.7. The van der Waals surface area contributed by atoms with Gasteiger partial charge in [0.2, 0.25) is 5.91 Å². The normalized spacial score (nSPS) is 16.4. The van der Waals surface area contributed by atoms with Crippen LogP contribution in [0.25, 0.3) is 0 Å². The summed E-state index contributed by atoms with van der Waals surface area (Å²) < 4.78 is 11.3. The molecule has 31 heavy (non-hydrogen) atoms. The lowest BCUT2D eigenvalue weighted by Gasteiger charge is -2.39. The van der Waals surface area contributed by atoms with Crippen LogP contribution in [0.2, 0.25) is 0 Å². The van der Waals surface area contributed by atoms with Gasteiger partial charge in [-0.05, 0) is 51.8 Å². The molecular formula is C25H32N2O4. The fourth-order valence-electron chi connectivity index (χ4n) is 4.05. The number of carbonyl (C=O) groups excluding carboxylic acids is 2. The molecule has 6 nitrogen and oxygen atoms in total. The average molecular weight is 425 g/mol. The van der Waals surface area contributed by atoms with Crippen LogP contribution in [0.15, 0.2) is 42.5 Å². The Balaban J connectivity index is 1.73. The van der Waals surface area contributed by atoms with Gasteiger partial charge in [0.05, 0.1) is 13.2 Å². The van der Waals surface area contributed by atoms with Crippen molar-refractivity contribution in [1.29, 1.82) is 0 Å². The third-order valence-electron chi connectivity index (χ3n) is 6.05. The van der Waals surface area contributed by atoms with Gasteiger partial charge in [-0.15, -0.1) is 0 Å². The third kappa shape index (κ3) is 5.51.